The van der Waals surface area contributed by atoms with Gasteiger partial charge >= 0.3 is 0 Å². The number of nitrogens with zero attached hydrogens (tertiary/aromatic N) is 1. The van der Waals surface area contributed by atoms with E-state index in [4.69, 9.17) is 23.2 Å². The van der Waals surface area contributed by atoms with Crippen LogP contribution in [0.1, 0.15) is 29.6 Å². The molecule has 2 aliphatic rings. The number of carbonyl (C=O) groups is 3. The minimum Gasteiger partial charge on any atom is -0.292 e. The molecule has 2 unspecified atom stereocenters. The van der Waals surface area contributed by atoms with Gasteiger partial charge in [0.25, 0.3) is 0 Å². The molecule has 0 spiro atoms. The van der Waals surface area contributed by atoms with Crippen molar-refractivity contribution >= 4 is 40.8 Å². The fraction of sp³-hybridized carbons (Fsp3) is 0.400. The van der Waals surface area contributed by atoms with E-state index in [1.807, 2.05) is 0 Å². The van der Waals surface area contributed by atoms with Gasteiger partial charge in [0.05, 0.1) is 28.4 Å². The van der Waals surface area contributed by atoms with Crippen LogP contribution in [0.4, 0.5) is 0 Å². The minimum atomic E-state index is -0.310. The first-order valence-corrected chi connectivity index (χ1v) is 7.58. The summed E-state index contributed by atoms with van der Waals surface area (Å²) in [5.74, 6) is -1.18. The zero-order valence-electron chi connectivity index (χ0n) is 11.1. The molecule has 0 bridgehead atoms. The summed E-state index contributed by atoms with van der Waals surface area (Å²) < 4.78 is 0. The van der Waals surface area contributed by atoms with Gasteiger partial charge in [-0.25, -0.2) is 0 Å². The van der Waals surface area contributed by atoms with Crippen molar-refractivity contribution in [2.45, 2.75) is 19.3 Å². The third-order valence-corrected chi connectivity index (χ3v) is 4.96. The van der Waals surface area contributed by atoms with E-state index in [-0.39, 0.29) is 41.0 Å². The highest BCUT2D eigenvalue weighted by atomic mass is 35.5. The molecule has 2 amide bonds. The van der Waals surface area contributed by atoms with E-state index in [1.54, 1.807) is 6.07 Å². The predicted molar refractivity (Wildman–Crippen MR) is 78.3 cm³/mol. The van der Waals surface area contributed by atoms with Gasteiger partial charge in [-0.15, -0.1) is 0 Å². The Morgan fingerprint density at radius 1 is 1.10 bits per heavy atom. The summed E-state index contributed by atoms with van der Waals surface area (Å²) in [6.07, 6.45) is 2.39. The van der Waals surface area contributed by atoms with Gasteiger partial charge in [0.15, 0.2) is 5.78 Å². The molecule has 3 rings (SSSR count). The second kappa shape index (κ2) is 5.43. The topological polar surface area (TPSA) is 54.5 Å². The number of hydrogen-bond donors (Lipinski definition) is 0. The maximum absolute atomic E-state index is 12.2. The SMILES string of the molecule is O=C(CN1C(=O)C2CCCC2C1=O)c1ccc(Cl)c(Cl)c1. The Morgan fingerprint density at radius 2 is 1.71 bits per heavy atom. The number of hydrogen-bond acceptors (Lipinski definition) is 3. The lowest BCUT2D eigenvalue weighted by Crippen LogP contribution is -2.36. The number of Topliss-reactive ketones (excluding diaryl/α,β-unsaturated/α-hetero) is 1. The highest BCUT2D eigenvalue weighted by Gasteiger charge is 2.49. The molecule has 1 aliphatic heterocycles. The molecule has 0 N–H and O–H groups in total. The highest BCUT2D eigenvalue weighted by molar-refractivity contribution is 6.42. The van der Waals surface area contributed by atoms with Gasteiger partial charge in [-0.05, 0) is 31.0 Å². The highest BCUT2D eigenvalue weighted by Crippen LogP contribution is 2.39. The van der Waals surface area contributed by atoms with Crippen molar-refractivity contribution in [2.75, 3.05) is 6.54 Å². The van der Waals surface area contributed by atoms with Crippen LogP contribution >= 0.6 is 23.2 Å². The number of rotatable bonds is 3. The van der Waals surface area contributed by atoms with E-state index in [9.17, 15) is 14.4 Å². The fourth-order valence-corrected chi connectivity index (χ4v) is 3.42. The maximum Gasteiger partial charge on any atom is 0.233 e. The Hall–Kier alpha value is -1.39. The monoisotopic (exact) mass is 325 g/mol. The number of benzene rings is 1. The van der Waals surface area contributed by atoms with Crippen LogP contribution in [0.2, 0.25) is 10.0 Å². The van der Waals surface area contributed by atoms with E-state index < -0.39 is 0 Å². The van der Waals surface area contributed by atoms with E-state index in [0.717, 1.165) is 24.2 Å². The third-order valence-electron chi connectivity index (χ3n) is 4.23. The molecule has 1 saturated carbocycles. The van der Waals surface area contributed by atoms with Gasteiger partial charge in [-0.1, -0.05) is 29.6 Å². The number of fused-ring (bicyclic) bond motifs is 1. The lowest BCUT2D eigenvalue weighted by molar-refractivity contribution is -0.139. The molecule has 21 heavy (non-hydrogen) atoms. The van der Waals surface area contributed by atoms with Crippen molar-refractivity contribution in [3.8, 4) is 0 Å². The molecule has 1 saturated heterocycles. The predicted octanol–water partition coefficient (Wildman–Crippen LogP) is 2.96. The van der Waals surface area contributed by atoms with E-state index >= 15 is 0 Å². The number of halogens is 2. The number of ketones is 1. The Morgan fingerprint density at radius 3 is 2.29 bits per heavy atom. The van der Waals surface area contributed by atoms with Gasteiger partial charge < -0.3 is 0 Å². The number of carbonyl (C=O) groups excluding carboxylic acids is 3. The molecule has 0 radical (unpaired) electrons. The number of amides is 2. The lowest BCUT2D eigenvalue weighted by atomic mass is 10.00. The summed E-state index contributed by atoms with van der Waals surface area (Å²) in [5.41, 5.74) is 0.349. The van der Waals surface area contributed by atoms with E-state index in [0.29, 0.717) is 10.6 Å². The third kappa shape index (κ3) is 2.47. The largest absolute Gasteiger partial charge is 0.292 e. The Kier molecular flexibility index (Phi) is 3.76. The Balaban J connectivity index is 1.77. The van der Waals surface area contributed by atoms with E-state index in [2.05, 4.69) is 0 Å². The molecule has 4 nitrogen and oxygen atoms in total. The first-order valence-electron chi connectivity index (χ1n) is 6.82. The van der Waals surface area contributed by atoms with Gasteiger partial charge in [-0.3, -0.25) is 19.3 Å². The summed E-state index contributed by atoms with van der Waals surface area (Å²) in [4.78, 5) is 37.7. The van der Waals surface area contributed by atoms with Crippen LogP contribution in [0.5, 0.6) is 0 Å². The molecular weight excluding hydrogens is 313 g/mol. The molecule has 1 aromatic carbocycles. The average molecular weight is 326 g/mol. The quantitative estimate of drug-likeness (QED) is 0.634. The normalized spacial score (nSPS) is 24.6. The summed E-state index contributed by atoms with van der Waals surface area (Å²) >= 11 is 11.7. The summed E-state index contributed by atoms with van der Waals surface area (Å²) in [6, 6.07) is 4.53. The van der Waals surface area contributed by atoms with Crippen molar-refractivity contribution in [2.24, 2.45) is 11.8 Å². The van der Waals surface area contributed by atoms with Crippen molar-refractivity contribution in [1.82, 2.24) is 4.90 Å². The van der Waals surface area contributed by atoms with Crippen LogP contribution in [0.3, 0.4) is 0 Å². The summed E-state index contributed by atoms with van der Waals surface area (Å²) in [6.45, 7) is -0.220. The first-order chi connectivity index (χ1) is 9.99. The summed E-state index contributed by atoms with van der Waals surface area (Å²) in [5, 5.41) is 0.634. The second-order valence-corrected chi connectivity index (χ2v) is 6.27. The van der Waals surface area contributed by atoms with Crippen LogP contribution in [0.15, 0.2) is 18.2 Å². The molecule has 1 aliphatic carbocycles. The fourth-order valence-electron chi connectivity index (χ4n) is 3.12. The zero-order valence-corrected chi connectivity index (χ0v) is 12.7. The van der Waals surface area contributed by atoms with Crippen LogP contribution in [0, 0.1) is 11.8 Å². The molecule has 2 atom stereocenters. The van der Waals surface area contributed by atoms with Crippen LogP contribution in [-0.2, 0) is 9.59 Å². The molecule has 6 heteroatoms. The van der Waals surface area contributed by atoms with Crippen molar-refractivity contribution in [3.05, 3.63) is 33.8 Å². The van der Waals surface area contributed by atoms with E-state index in [1.165, 1.54) is 12.1 Å². The molecule has 110 valence electrons. The van der Waals surface area contributed by atoms with Gasteiger partial charge in [0, 0.05) is 5.56 Å². The zero-order chi connectivity index (χ0) is 15.1. The van der Waals surface area contributed by atoms with Gasteiger partial charge in [0.2, 0.25) is 11.8 Å². The molecule has 1 aromatic rings. The Bertz CT molecular complexity index is 622. The standard InChI is InChI=1S/C15H13Cl2NO3/c16-11-5-4-8(6-12(11)17)13(19)7-18-14(20)9-2-1-3-10(9)15(18)21/h4-6,9-10H,1-3,7H2. The minimum absolute atomic E-state index is 0.212. The van der Waals surface area contributed by atoms with Gasteiger partial charge in [0.1, 0.15) is 0 Å². The maximum atomic E-state index is 12.2. The number of imide groups is 1. The molecule has 0 aromatic heterocycles. The second-order valence-electron chi connectivity index (χ2n) is 5.46. The molecule has 2 fully saturated rings. The summed E-state index contributed by atoms with van der Waals surface area (Å²) in [7, 11) is 0. The van der Waals surface area contributed by atoms with Gasteiger partial charge in [-0.2, -0.15) is 0 Å². The average Bonchev–Trinajstić information content (AvgIpc) is 3.02. The first kappa shape index (κ1) is 14.5. The number of likely N-dealkylation sites (tertiary alicyclic amines) is 1. The molecule has 1 heterocycles. The van der Waals surface area contributed by atoms with Crippen LogP contribution in [0.25, 0.3) is 0 Å². The van der Waals surface area contributed by atoms with Crippen LogP contribution in [-0.4, -0.2) is 29.0 Å². The molecular formula is C15H13Cl2NO3. The van der Waals surface area contributed by atoms with Crippen LogP contribution < -0.4 is 0 Å². The van der Waals surface area contributed by atoms with Crippen molar-refractivity contribution in [1.29, 1.82) is 0 Å². The Labute approximate surface area is 132 Å². The smallest absolute Gasteiger partial charge is 0.233 e. The van der Waals surface area contributed by atoms with Crippen molar-refractivity contribution in [3.63, 3.8) is 0 Å². The lowest BCUT2D eigenvalue weighted by Gasteiger charge is -2.15. The van der Waals surface area contributed by atoms with Crippen molar-refractivity contribution < 1.29 is 14.4 Å².